The van der Waals surface area contributed by atoms with E-state index in [2.05, 4.69) is 0 Å². The average molecular weight is 595 g/mol. The summed E-state index contributed by atoms with van der Waals surface area (Å²) in [6.45, 7) is 0.215. The molecular formula is C25H24F6N2O4S2. The van der Waals surface area contributed by atoms with E-state index in [4.69, 9.17) is 4.74 Å². The van der Waals surface area contributed by atoms with Crippen LogP contribution in [0.15, 0.2) is 70.3 Å². The van der Waals surface area contributed by atoms with Crippen LogP contribution >= 0.6 is 11.3 Å². The molecule has 6 nitrogen and oxygen atoms in total. The van der Waals surface area contributed by atoms with Gasteiger partial charge >= 0.3 is 12.4 Å². The van der Waals surface area contributed by atoms with Crippen LogP contribution in [0.5, 0.6) is 5.75 Å². The molecule has 0 saturated carbocycles. The van der Waals surface area contributed by atoms with Crippen LogP contribution in [0.25, 0.3) is 0 Å². The quantitative estimate of drug-likeness (QED) is 0.382. The molecule has 1 atom stereocenters. The van der Waals surface area contributed by atoms with Crippen LogP contribution < -0.4 is 9.64 Å². The number of hydrogen-bond acceptors (Lipinski definition) is 6. The number of nitrogens with zero attached hydrogens (tertiary/aromatic N) is 2. The molecule has 0 amide bonds. The van der Waals surface area contributed by atoms with Crippen molar-refractivity contribution in [3.63, 3.8) is 0 Å². The Morgan fingerprint density at radius 2 is 1.56 bits per heavy atom. The summed E-state index contributed by atoms with van der Waals surface area (Å²) in [5, 5.41) is 11.4. The van der Waals surface area contributed by atoms with Crippen molar-refractivity contribution < 1.29 is 44.6 Å². The third kappa shape index (κ3) is 5.60. The smallest absolute Gasteiger partial charge is 0.430 e. The Balaban J connectivity index is 1.66. The molecule has 14 heteroatoms. The van der Waals surface area contributed by atoms with E-state index in [1.807, 2.05) is 0 Å². The number of piperazine rings is 1. The molecule has 0 aliphatic carbocycles. The Bertz CT molecular complexity index is 1350. The molecule has 39 heavy (non-hydrogen) atoms. The summed E-state index contributed by atoms with van der Waals surface area (Å²) < 4.78 is 113. The number of benzene rings is 2. The maximum atomic E-state index is 13.3. The van der Waals surface area contributed by atoms with Crippen LogP contribution in [0.1, 0.15) is 11.1 Å². The predicted octanol–water partition coefficient (Wildman–Crippen LogP) is 5.19. The van der Waals surface area contributed by atoms with Crippen LogP contribution in [-0.4, -0.2) is 63.0 Å². The maximum Gasteiger partial charge on any atom is 0.430 e. The normalized spacial score (nSPS) is 17.8. The molecule has 1 N–H and O–H groups in total. The Labute approximate surface area is 225 Å². The van der Waals surface area contributed by atoms with Gasteiger partial charge in [-0.15, -0.1) is 11.3 Å². The molecule has 1 aliphatic rings. The Hall–Kier alpha value is -2.81. The molecule has 0 bridgehead atoms. The van der Waals surface area contributed by atoms with Crippen molar-refractivity contribution in [3.05, 3.63) is 77.2 Å². The number of rotatable bonds is 7. The van der Waals surface area contributed by atoms with E-state index in [9.17, 15) is 39.9 Å². The summed E-state index contributed by atoms with van der Waals surface area (Å²) in [6, 6.07) is 13.0. The SMILES string of the molecule is COc1ccc(C[C@H]2CN(S(=O)(=O)c3cccs3)CCN2c2ccc(C(O)(C(F)(F)F)C(F)(F)F)cc2)cc1. The van der Waals surface area contributed by atoms with E-state index < -0.39 is 39.6 Å². The zero-order valence-corrected chi connectivity index (χ0v) is 22.0. The molecule has 3 aromatic rings. The van der Waals surface area contributed by atoms with Gasteiger partial charge in [-0.05, 0) is 47.7 Å². The molecule has 1 aromatic heterocycles. The van der Waals surface area contributed by atoms with Gasteiger partial charge in [0.2, 0.25) is 0 Å². The Morgan fingerprint density at radius 3 is 2.08 bits per heavy atom. The topological polar surface area (TPSA) is 70.1 Å². The third-order valence-corrected chi connectivity index (χ3v) is 9.84. The molecule has 2 heterocycles. The first-order chi connectivity index (χ1) is 18.2. The Morgan fingerprint density at radius 1 is 0.949 bits per heavy atom. The highest BCUT2D eigenvalue weighted by Crippen LogP contribution is 2.50. The highest BCUT2D eigenvalue weighted by atomic mass is 32.2. The monoisotopic (exact) mass is 594 g/mol. The van der Waals surface area contributed by atoms with Crippen molar-refractivity contribution in [2.75, 3.05) is 31.6 Å². The number of anilines is 1. The molecule has 4 rings (SSSR count). The second-order valence-corrected chi connectivity index (χ2v) is 12.1. The van der Waals surface area contributed by atoms with E-state index >= 15 is 0 Å². The second kappa shape index (κ2) is 10.6. The van der Waals surface area contributed by atoms with Crippen molar-refractivity contribution in [2.24, 2.45) is 0 Å². The number of alkyl halides is 6. The number of thiophene rings is 1. The first-order valence-electron chi connectivity index (χ1n) is 11.6. The summed E-state index contributed by atoms with van der Waals surface area (Å²) in [4.78, 5) is 1.74. The average Bonchev–Trinajstić information content (AvgIpc) is 3.44. The number of ether oxygens (including phenoxy) is 1. The largest absolute Gasteiger partial charge is 0.497 e. The first-order valence-corrected chi connectivity index (χ1v) is 13.9. The molecule has 0 spiro atoms. The minimum Gasteiger partial charge on any atom is -0.497 e. The van der Waals surface area contributed by atoms with Gasteiger partial charge in [-0.25, -0.2) is 8.42 Å². The van der Waals surface area contributed by atoms with Crippen molar-refractivity contribution in [1.29, 1.82) is 0 Å². The number of sulfonamides is 1. The van der Waals surface area contributed by atoms with Gasteiger partial charge in [0.25, 0.3) is 15.6 Å². The number of aliphatic hydroxyl groups is 1. The lowest BCUT2D eigenvalue weighted by atomic mass is 9.92. The van der Waals surface area contributed by atoms with Crippen LogP contribution in [-0.2, 0) is 22.0 Å². The predicted molar refractivity (Wildman–Crippen MR) is 133 cm³/mol. The van der Waals surface area contributed by atoms with Gasteiger partial charge in [0.1, 0.15) is 9.96 Å². The van der Waals surface area contributed by atoms with Crippen molar-refractivity contribution >= 4 is 27.0 Å². The molecular weight excluding hydrogens is 570 g/mol. The lowest BCUT2D eigenvalue weighted by molar-refractivity contribution is -0.376. The first kappa shape index (κ1) is 29.2. The van der Waals surface area contributed by atoms with E-state index in [1.54, 1.807) is 40.6 Å². The number of halogens is 6. The van der Waals surface area contributed by atoms with E-state index in [1.165, 1.54) is 17.5 Å². The summed E-state index contributed by atoms with van der Waals surface area (Å²) in [7, 11) is -2.29. The van der Waals surface area contributed by atoms with Crippen LogP contribution in [0.2, 0.25) is 0 Å². The van der Waals surface area contributed by atoms with Gasteiger partial charge in [-0.3, -0.25) is 0 Å². The van der Waals surface area contributed by atoms with Gasteiger partial charge in [0, 0.05) is 36.9 Å². The molecule has 0 unspecified atom stereocenters. The van der Waals surface area contributed by atoms with Gasteiger partial charge in [-0.1, -0.05) is 30.3 Å². The fourth-order valence-corrected chi connectivity index (χ4v) is 7.13. The van der Waals surface area contributed by atoms with Gasteiger partial charge in [0.05, 0.1) is 7.11 Å². The fourth-order valence-electron chi connectivity index (χ4n) is 4.51. The summed E-state index contributed by atoms with van der Waals surface area (Å²) in [5.74, 6) is 0.610. The lowest BCUT2D eigenvalue weighted by Gasteiger charge is -2.42. The zero-order chi connectivity index (χ0) is 28.6. The fraction of sp³-hybridized carbons (Fsp3) is 0.360. The molecule has 2 aromatic carbocycles. The minimum absolute atomic E-state index is 0.0308. The maximum absolute atomic E-state index is 13.3. The Kier molecular flexibility index (Phi) is 7.96. The molecule has 212 valence electrons. The van der Waals surface area contributed by atoms with Crippen LogP contribution in [0.3, 0.4) is 0 Å². The van der Waals surface area contributed by atoms with Crippen molar-refractivity contribution in [2.45, 2.75) is 34.6 Å². The standard InChI is InChI=1S/C25H24F6N2O4S2/c1-37-21-10-4-17(5-11-21)15-20-16-32(39(35,36)22-3-2-14-38-22)12-13-33(20)19-8-6-18(7-9-19)23(34,24(26,27)28)25(29,30)31/h2-11,14,20,34H,12-13,15-16H2,1H3/t20-/m0/s1. The van der Waals surface area contributed by atoms with E-state index in [-0.39, 0.29) is 29.5 Å². The molecule has 0 radical (unpaired) electrons. The number of methoxy groups -OCH3 is 1. The van der Waals surface area contributed by atoms with Gasteiger partial charge in [-0.2, -0.15) is 30.6 Å². The lowest BCUT2D eigenvalue weighted by Crippen LogP contribution is -2.55. The van der Waals surface area contributed by atoms with Crippen LogP contribution in [0.4, 0.5) is 32.0 Å². The highest BCUT2D eigenvalue weighted by molar-refractivity contribution is 7.91. The van der Waals surface area contributed by atoms with Crippen LogP contribution in [0, 0.1) is 0 Å². The summed E-state index contributed by atoms with van der Waals surface area (Å²) >= 11 is 1.07. The van der Waals surface area contributed by atoms with Crippen molar-refractivity contribution in [1.82, 2.24) is 4.31 Å². The number of hydrogen-bond donors (Lipinski definition) is 1. The second-order valence-electron chi connectivity index (χ2n) is 8.95. The van der Waals surface area contributed by atoms with Gasteiger partial charge < -0.3 is 14.7 Å². The summed E-state index contributed by atoms with van der Waals surface area (Å²) in [5.41, 5.74) is -5.29. The third-order valence-electron chi connectivity index (χ3n) is 6.60. The van der Waals surface area contributed by atoms with E-state index in [0.717, 1.165) is 29.0 Å². The molecule has 1 aliphatic heterocycles. The minimum atomic E-state index is -5.99. The zero-order valence-electron chi connectivity index (χ0n) is 20.4. The molecule has 1 fully saturated rings. The highest BCUT2D eigenvalue weighted by Gasteiger charge is 2.71. The van der Waals surface area contributed by atoms with Gasteiger partial charge in [0.15, 0.2) is 0 Å². The van der Waals surface area contributed by atoms with Crippen molar-refractivity contribution in [3.8, 4) is 5.75 Å². The molecule has 1 saturated heterocycles. The summed E-state index contributed by atoms with van der Waals surface area (Å²) in [6.07, 6.45) is -11.7. The van der Waals surface area contributed by atoms with E-state index in [0.29, 0.717) is 24.3 Å².